The molecule has 1 amide bonds. The maximum Gasteiger partial charge on any atom is 0.267 e. The zero-order valence-electron chi connectivity index (χ0n) is 14.0. The fraction of sp³-hybridized carbons (Fsp3) is 0.105. The van der Waals surface area contributed by atoms with Crippen LogP contribution in [0.3, 0.4) is 0 Å². The van der Waals surface area contributed by atoms with Gasteiger partial charge in [-0.25, -0.2) is 9.37 Å². The molecule has 0 aliphatic heterocycles. The van der Waals surface area contributed by atoms with Gasteiger partial charge in [0.2, 0.25) is 5.88 Å². The number of carbonyl (C=O) groups is 2. The number of nitrogens with one attached hydrogen (secondary N) is 2. The van der Waals surface area contributed by atoms with Crippen molar-refractivity contribution < 1.29 is 18.7 Å². The van der Waals surface area contributed by atoms with Gasteiger partial charge in [-0.2, -0.15) is 0 Å². The summed E-state index contributed by atoms with van der Waals surface area (Å²) in [6.45, 7) is 1.59. The zero-order chi connectivity index (χ0) is 18.5. The third kappa shape index (κ3) is 4.13. The van der Waals surface area contributed by atoms with E-state index in [0.29, 0.717) is 16.9 Å². The van der Waals surface area contributed by atoms with Crippen LogP contribution < -0.4 is 10.1 Å². The first kappa shape index (κ1) is 17.3. The smallest absolute Gasteiger partial charge is 0.267 e. The molecule has 0 bridgehead atoms. The van der Waals surface area contributed by atoms with Gasteiger partial charge in [-0.3, -0.25) is 9.59 Å². The molecule has 0 unspecified atom stereocenters. The highest BCUT2D eigenvalue weighted by Gasteiger charge is 2.12. The van der Waals surface area contributed by atoms with E-state index >= 15 is 0 Å². The number of pyridine rings is 1. The van der Waals surface area contributed by atoms with Crippen LogP contribution in [0.1, 0.15) is 33.3 Å². The first-order chi connectivity index (χ1) is 12.5. The van der Waals surface area contributed by atoms with Gasteiger partial charge in [-0.15, -0.1) is 0 Å². The zero-order valence-corrected chi connectivity index (χ0v) is 14.0. The molecule has 0 spiro atoms. The number of aromatic amines is 1. The summed E-state index contributed by atoms with van der Waals surface area (Å²) in [6, 6.07) is 10.7. The number of carbonyl (C=O) groups excluding carboxylic acids is 2. The van der Waals surface area contributed by atoms with Crippen molar-refractivity contribution in [3.05, 3.63) is 77.5 Å². The predicted octanol–water partition coefficient (Wildman–Crippen LogP) is 3.47. The molecule has 2 aromatic heterocycles. The summed E-state index contributed by atoms with van der Waals surface area (Å²) in [4.78, 5) is 30.4. The van der Waals surface area contributed by atoms with E-state index in [9.17, 15) is 14.0 Å². The van der Waals surface area contributed by atoms with Crippen LogP contribution >= 0.6 is 0 Å². The number of amides is 1. The second kappa shape index (κ2) is 7.60. The van der Waals surface area contributed by atoms with E-state index in [0.717, 1.165) is 0 Å². The maximum atomic E-state index is 13.3. The molecule has 3 aromatic rings. The average molecular weight is 353 g/mol. The number of aromatic nitrogens is 2. The second-order valence-electron chi connectivity index (χ2n) is 5.57. The molecule has 2 heterocycles. The van der Waals surface area contributed by atoms with Gasteiger partial charge >= 0.3 is 0 Å². The van der Waals surface area contributed by atoms with E-state index in [4.69, 9.17) is 4.74 Å². The van der Waals surface area contributed by atoms with Crippen molar-refractivity contribution in [2.75, 3.05) is 0 Å². The van der Waals surface area contributed by atoms with E-state index in [-0.39, 0.29) is 29.8 Å². The van der Waals surface area contributed by atoms with Gasteiger partial charge in [-0.05, 0) is 31.2 Å². The fourth-order valence-electron chi connectivity index (χ4n) is 2.29. The van der Waals surface area contributed by atoms with Gasteiger partial charge in [0.1, 0.15) is 17.3 Å². The number of Topliss-reactive ketones (excluding diaryl/α,β-unsaturated/α-hetero) is 1. The molecule has 0 aliphatic carbocycles. The summed E-state index contributed by atoms with van der Waals surface area (Å²) in [6.07, 6.45) is 3.03. The molecule has 0 radical (unpaired) electrons. The Hall–Kier alpha value is -3.48. The summed E-state index contributed by atoms with van der Waals surface area (Å²) < 4.78 is 18.9. The number of H-pyrrole nitrogens is 1. The number of halogens is 1. The first-order valence-electron chi connectivity index (χ1n) is 7.88. The van der Waals surface area contributed by atoms with Gasteiger partial charge in [-0.1, -0.05) is 12.1 Å². The number of hydrogen-bond donors (Lipinski definition) is 2. The number of nitrogens with zero attached hydrogens (tertiary/aromatic N) is 1. The number of benzene rings is 1. The highest BCUT2D eigenvalue weighted by molar-refractivity contribution is 5.99. The quantitative estimate of drug-likeness (QED) is 0.665. The lowest BCUT2D eigenvalue weighted by Gasteiger charge is -2.10. The molecular formula is C19H16FN3O3. The number of rotatable bonds is 6. The molecule has 0 fully saturated rings. The molecule has 2 N–H and O–H groups in total. The Balaban J connectivity index is 1.70. The molecule has 1 aromatic carbocycles. The van der Waals surface area contributed by atoms with Crippen molar-refractivity contribution in [1.29, 1.82) is 0 Å². The second-order valence-corrected chi connectivity index (χ2v) is 5.57. The molecule has 6 nitrogen and oxygen atoms in total. The molecular weight excluding hydrogens is 337 g/mol. The Kier molecular flexibility index (Phi) is 5.07. The summed E-state index contributed by atoms with van der Waals surface area (Å²) in [5.41, 5.74) is 1.35. The normalized spacial score (nSPS) is 10.4. The van der Waals surface area contributed by atoms with Crippen molar-refractivity contribution in [2.24, 2.45) is 0 Å². The molecule has 3 rings (SSSR count). The van der Waals surface area contributed by atoms with Gasteiger partial charge < -0.3 is 15.0 Å². The summed E-state index contributed by atoms with van der Waals surface area (Å²) in [5.74, 6) is -0.321. The average Bonchev–Trinajstić information content (AvgIpc) is 3.11. The highest BCUT2D eigenvalue weighted by Crippen LogP contribution is 2.23. The van der Waals surface area contributed by atoms with Crippen LogP contribution in [0, 0.1) is 5.82 Å². The summed E-state index contributed by atoms with van der Waals surface area (Å²) in [5, 5.41) is 2.73. The molecule has 132 valence electrons. The lowest BCUT2D eigenvalue weighted by molar-refractivity contribution is 0.0946. The van der Waals surface area contributed by atoms with E-state index in [1.54, 1.807) is 24.4 Å². The molecule has 0 atom stereocenters. The van der Waals surface area contributed by atoms with Crippen LogP contribution in [0.25, 0.3) is 0 Å². The number of ketones is 1. The SMILES string of the molecule is CC(=O)c1c[nH]c(C(=O)NCc2cccnc2Oc2cccc(F)c2)c1. The fourth-order valence-corrected chi connectivity index (χ4v) is 2.29. The van der Waals surface area contributed by atoms with Crippen LogP contribution in [0.2, 0.25) is 0 Å². The lowest BCUT2D eigenvalue weighted by Crippen LogP contribution is -2.23. The molecule has 0 aliphatic rings. The van der Waals surface area contributed by atoms with Crippen molar-refractivity contribution in [1.82, 2.24) is 15.3 Å². The Labute approximate surface area is 149 Å². The number of hydrogen-bond acceptors (Lipinski definition) is 4. The minimum atomic E-state index is -0.415. The van der Waals surface area contributed by atoms with E-state index in [1.165, 1.54) is 37.4 Å². The Morgan fingerprint density at radius 2 is 2.08 bits per heavy atom. The van der Waals surface area contributed by atoms with Crippen LogP contribution in [-0.4, -0.2) is 21.7 Å². The molecule has 7 heteroatoms. The van der Waals surface area contributed by atoms with Crippen LogP contribution in [-0.2, 0) is 6.54 Å². The highest BCUT2D eigenvalue weighted by atomic mass is 19.1. The minimum absolute atomic E-state index is 0.127. The molecule has 26 heavy (non-hydrogen) atoms. The van der Waals surface area contributed by atoms with Gasteiger partial charge in [0.15, 0.2) is 5.78 Å². The Bertz CT molecular complexity index is 952. The number of ether oxygens (including phenoxy) is 1. The molecule has 0 saturated carbocycles. The van der Waals surface area contributed by atoms with Gasteiger partial charge in [0, 0.05) is 36.1 Å². The van der Waals surface area contributed by atoms with E-state index in [2.05, 4.69) is 15.3 Å². The standard InChI is InChI=1S/C19H16FN3O3/c1-12(24)14-8-17(22-11-14)18(25)23-10-13-4-3-7-21-19(13)26-16-6-2-5-15(20)9-16/h2-9,11,22H,10H2,1H3,(H,23,25). The first-order valence-corrected chi connectivity index (χ1v) is 7.88. The largest absolute Gasteiger partial charge is 0.439 e. The van der Waals surface area contributed by atoms with Crippen LogP contribution in [0.5, 0.6) is 11.6 Å². The van der Waals surface area contributed by atoms with Crippen LogP contribution in [0.15, 0.2) is 54.9 Å². The van der Waals surface area contributed by atoms with Crippen LogP contribution in [0.4, 0.5) is 4.39 Å². The minimum Gasteiger partial charge on any atom is -0.439 e. The van der Waals surface area contributed by atoms with Crippen molar-refractivity contribution in [3.63, 3.8) is 0 Å². The van der Waals surface area contributed by atoms with Gasteiger partial charge in [0.25, 0.3) is 5.91 Å². The van der Waals surface area contributed by atoms with Crippen molar-refractivity contribution >= 4 is 11.7 Å². The third-order valence-electron chi connectivity index (χ3n) is 3.63. The summed E-state index contributed by atoms with van der Waals surface area (Å²) in [7, 11) is 0. The topological polar surface area (TPSA) is 84.1 Å². The van der Waals surface area contributed by atoms with E-state index in [1.807, 2.05) is 0 Å². The third-order valence-corrected chi connectivity index (χ3v) is 3.63. The lowest BCUT2D eigenvalue weighted by atomic mass is 10.2. The molecule has 0 saturated heterocycles. The predicted molar refractivity (Wildman–Crippen MR) is 92.7 cm³/mol. The van der Waals surface area contributed by atoms with E-state index < -0.39 is 5.82 Å². The monoisotopic (exact) mass is 353 g/mol. The Morgan fingerprint density at radius 3 is 2.81 bits per heavy atom. The van der Waals surface area contributed by atoms with Crippen molar-refractivity contribution in [3.8, 4) is 11.6 Å². The maximum absolute atomic E-state index is 13.3. The van der Waals surface area contributed by atoms with Crippen molar-refractivity contribution in [2.45, 2.75) is 13.5 Å². The Morgan fingerprint density at radius 1 is 1.23 bits per heavy atom. The van der Waals surface area contributed by atoms with Gasteiger partial charge in [0.05, 0.1) is 0 Å². The summed E-state index contributed by atoms with van der Waals surface area (Å²) >= 11 is 0.